The van der Waals surface area contributed by atoms with Gasteiger partial charge in [0.05, 0.1) is 0 Å². The topological polar surface area (TPSA) is 15.3 Å². The monoisotopic (exact) mass is 232 g/mol. The summed E-state index contributed by atoms with van der Waals surface area (Å²) in [4.78, 5) is 2.39. The number of benzene rings is 1. The van der Waals surface area contributed by atoms with Gasteiger partial charge in [-0.1, -0.05) is 29.8 Å². The molecule has 0 aromatic heterocycles. The van der Waals surface area contributed by atoms with Crippen LogP contribution in [0.15, 0.2) is 24.3 Å². The number of nitrogens with one attached hydrogen (secondary N) is 1. The standard InChI is InChI=1S/C15H24N2/c1-13-6-4-7-14(10-13)11-16-12-15(17(2)3)8-5-9-15/h4,6-7,10,16H,5,8-9,11-12H2,1-3H3. The average Bonchev–Trinajstić information content (AvgIpc) is 2.21. The van der Waals surface area contributed by atoms with Gasteiger partial charge in [-0.15, -0.1) is 0 Å². The van der Waals surface area contributed by atoms with Gasteiger partial charge in [0.15, 0.2) is 0 Å². The highest BCUT2D eigenvalue weighted by Crippen LogP contribution is 2.35. The third kappa shape index (κ3) is 2.88. The van der Waals surface area contributed by atoms with Crippen LogP contribution in [0, 0.1) is 6.92 Å². The molecular weight excluding hydrogens is 208 g/mol. The van der Waals surface area contributed by atoms with E-state index in [0.29, 0.717) is 5.54 Å². The first-order valence-corrected chi connectivity index (χ1v) is 6.56. The Hall–Kier alpha value is -0.860. The Balaban J connectivity index is 1.83. The third-order valence-corrected chi connectivity index (χ3v) is 4.10. The molecule has 1 aromatic carbocycles. The Morgan fingerprint density at radius 2 is 2.06 bits per heavy atom. The highest BCUT2D eigenvalue weighted by molar-refractivity contribution is 5.22. The molecule has 1 saturated carbocycles. The lowest BCUT2D eigenvalue weighted by Crippen LogP contribution is -2.56. The molecule has 1 aliphatic rings. The van der Waals surface area contributed by atoms with Gasteiger partial charge in [0.1, 0.15) is 0 Å². The highest BCUT2D eigenvalue weighted by Gasteiger charge is 2.38. The van der Waals surface area contributed by atoms with Crippen molar-refractivity contribution >= 4 is 0 Å². The third-order valence-electron chi connectivity index (χ3n) is 4.10. The minimum absolute atomic E-state index is 0.420. The van der Waals surface area contributed by atoms with Gasteiger partial charge >= 0.3 is 0 Å². The predicted octanol–water partition coefficient (Wildman–Crippen LogP) is 2.57. The van der Waals surface area contributed by atoms with Gasteiger partial charge in [-0.3, -0.25) is 0 Å². The van der Waals surface area contributed by atoms with Crippen LogP contribution >= 0.6 is 0 Å². The first-order valence-electron chi connectivity index (χ1n) is 6.56. The molecule has 0 aliphatic heterocycles. The van der Waals surface area contributed by atoms with Crippen LogP contribution in [0.3, 0.4) is 0 Å². The Morgan fingerprint density at radius 1 is 1.29 bits per heavy atom. The van der Waals surface area contributed by atoms with Crippen LogP contribution in [0.1, 0.15) is 30.4 Å². The molecule has 0 saturated heterocycles. The van der Waals surface area contributed by atoms with Gasteiger partial charge in [-0.25, -0.2) is 0 Å². The molecule has 2 nitrogen and oxygen atoms in total. The lowest BCUT2D eigenvalue weighted by atomic mass is 9.75. The van der Waals surface area contributed by atoms with Crippen molar-refractivity contribution in [1.82, 2.24) is 10.2 Å². The molecule has 0 amide bonds. The minimum Gasteiger partial charge on any atom is -0.311 e. The van der Waals surface area contributed by atoms with Crippen LogP contribution in [0.25, 0.3) is 0 Å². The van der Waals surface area contributed by atoms with Crippen molar-refractivity contribution in [1.29, 1.82) is 0 Å². The Morgan fingerprint density at radius 3 is 2.59 bits per heavy atom. The summed E-state index contributed by atoms with van der Waals surface area (Å²) in [6.07, 6.45) is 4.05. The van der Waals surface area contributed by atoms with Crippen molar-refractivity contribution in [3.63, 3.8) is 0 Å². The Kier molecular flexibility index (Phi) is 3.85. The average molecular weight is 232 g/mol. The van der Waals surface area contributed by atoms with Crippen LogP contribution in [0.2, 0.25) is 0 Å². The zero-order valence-electron chi connectivity index (χ0n) is 11.3. The summed E-state index contributed by atoms with van der Waals surface area (Å²) in [5.41, 5.74) is 3.15. The Labute approximate surface area is 105 Å². The molecule has 2 heteroatoms. The molecule has 0 heterocycles. The van der Waals surface area contributed by atoms with Crippen molar-refractivity contribution in [3.8, 4) is 0 Å². The van der Waals surface area contributed by atoms with Crippen molar-refractivity contribution in [2.45, 2.75) is 38.3 Å². The maximum Gasteiger partial charge on any atom is 0.0328 e. The van der Waals surface area contributed by atoms with E-state index < -0.39 is 0 Å². The quantitative estimate of drug-likeness (QED) is 0.839. The first kappa shape index (κ1) is 12.6. The number of hydrogen-bond acceptors (Lipinski definition) is 2. The van der Waals surface area contributed by atoms with Gasteiger partial charge in [0, 0.05) is 18.6 Å². The van der Waals surface area contributed by atoms with Crippen LogP contribution in [0.4, 0.5) is 0 Å². The molecule has 0 bridgehead atoms. The second-order valence-electron chi connectivity index (χ2n) is 5.56. The van der Waals surface area contributed by atoms with Crippen molar-refractivity contribution in [3.05, 3.63) is 35.4 Å². The smallest absolute Gasteiger partial charge is 0.0328 e. The van der Waals surface area contributed by atoms with Crippen LogP contribution in [0.5, 0.6) is 0 Å². The summed E-state index contributed by atoms with van der Waals surface area (Å²) in [7, 11) is 4.40. The molecule has 1 fully saturated rings. The fourth-order valence-electron chi connectivity index (χ4n) is 2.63. The number of rotatable bonds is 5. The zero-order chi connectivity index (χ0) is 12.3. The molecule has 1 aliphatic carbocycles. The molecule has 2 rings (SSSR count). The molecule has 0 radical (unpaired) electrons. The fourth-order valence-corrected chi connectivity index (χ4v) is 2.63. The van der Waals surface area contributed by atoms with Gasteiger partial charge < -0.3 is 10.2 Å². The SMILES string of the molecule is Cc1cccc(CNCC2(N(C)C)CCC2)c1. The first-order chi connectivity index (χ1) is 8.12. The molecule has 94 valence electrons. The van der Waals surface area contributed by atoms with E-state index in [0.717, 1.165) is 13.1 Å². The van der Waals surface area contributed by atoms with E-state index in [9.17, 15) is 0 Å². The normalized spacial score (nSPS) is 18.1. The van der Waals surface area contributed by atoms with Crippen molar-refractivity contribution < 1.29 is 0 Å². The largest absolute Gasteiger partial charge is 0.311 e. The summed E-state index contributed by atoms with van der Waals surface area (Å²) in [6.45, 7) is 4.24. The van der Waals surface area contributed by atoms with Crippen LogP contribution < -0.4 is 5.32 Å². The van der Waals surface area contributed by atoms with Crippen molar-refractivity contribution in [2.75, 3.05) is 20.6 Å². The number of nitrogens with zero attached hydrogens (tertiary/aromatic N) is 1. The number of hydrogen-bond donors (Lipinski definition) is 1. The zero-order valence-corrected chi connectivity index (χ0v) is 11.3. The van der Waals surface area contributed by atoms with E-state index in [1.807, 2.05) is 0 Å². The van der Waals surface area contributed by atoms with E-state index in [2.05, 4.69) is 55.5 Å². The molecule has 0 atom stereocenters. The lowest BCUT2D eigenvalue weighted by Gasteiger charge is -2.47. The van der Waals surface area contributed by atoms with Gasteiger partial charge in [0.2, 0.25) is 0 Å². The maximum absolute atomic E-state index is 3.61. The minimum atomic E-state index is 0.420. The molecule has 1 N–H and O–H groups in total. The van der Waals surface area contributed by atoms with E-state index in [1.54, 1.807) is 0 Å². The second kappa shape index (κ2) is 5.19. The van der Waals surface area contributed by atoms with E-state index in [4.69, 9.17) is 0 Å². The molecule has 0 spiro atoms. The van der Waals surface area contributed by atoms with E-state index in [-0.39, 0.29) is 0 Å². The number of likely N-dealkylation sites (N-methyl/N-ethyl adjacent to an activating group) is 1. The molecule has 1 aromatic rings. The fraction of sp³-hybridized carbons (Fsp3) is 0.600. The van der Waals surface area contributed by atoms with Crippen molar-refractivity contribution in [2.24, 2.45) is 0 Å². The molecular formula is C15H24N2. The summed E-state index contributed by atoms with van der Waals surface area (Å²) in [6, 6.07) is 8.74. The molecule has 0 unspecified atom stereocenters. The maximum atomic E-state index is 3.61. The summed E-state index contributed by atoms with van der Waals surface area (Å²) >= 11 is 0. The lowest BCUT2D eigenvalue weighted by molar-refractivity contribution is 0.0598. The number of aryl methyl sites for hydroxylation is 1. The molecule has 17 heavy (non-hydrogen) atoms. The summed E-state index contributed by atoms with van der Waals surface area (Å²) < 4.78 is 0. The van der Waals surface area contributed by atoms with E-state index in [1.165, 1.54) is 30.4 Å². The Bertz CT molecular complexity index is 367. The predicted molar refractivity (Wildman–Crippen MR) is 73.2 cm³/mol. The summed E-state index contributed by atoms with van der Waals surface area (Å²) in [5, 5.41) is 3.61. The van der Waals surface area contributed by atoms with E-state index >= 15 is 0 Å². The van der Waals surface area contributed by atoms with Gasteiger partial charge in [0.25, 0.3) is 0 Å². The van der Waals surface area contributed by atoms with Crippen LogP contribution in [-0.2, 0) is 6.54 Å². The highest BCUT2D eigenvalue weighted by atomic mass is 15.2. The summed E-state index contributed by atoms with van der Waals surface area (Å²) in [5.74, 6) is 0. The van der Waals surface area contributed by atoms with Gasteiger partial charge in [-0.05, 0) is 45.8 Å². The second-order valence-corrected chi connectivity index (χ2v) is 5.56. The van der Waals surface area contributed by atoms with Gasteiger partial charge in [-0.2, -0.15) is 0 Å². The van der Waals surface area contributed by atoms with Crippen LogP contribution in [-0.4, -0.2) is 31.1 Å².